The molecule has 3 aromatic carbocycles. The van der Waals surface area contributed by atoms with E-state index in [1.54, 1.807) is 37.1 Å². The average molecular weight is 602 g/mol. The van der Waals surface area contributed by atoms with Crippen molar-refractivity contribution in [1.82, 2.24) is 0 Å². The van der Waals surface area contributed by atoms with Crippen LogP contribution in [0.5, 0.6) is 11.5 Å². The number of carbonyl (C=O) groups excluding carboxylic acids is 2. The minimum absolute atomic E-state index is 0.117. The third kappa shape index (κ3) is 6.25. The van der Waals surface area contributed by atoms with Crippen LogP contribution in [0.15, 0.2) is 76.5 Å². The Morgan fingerprint density at radius 2 is 1.83 bits per heavy atom. The van der Waals surface area contributed by atoms with Crippen molar-refractivity contribution in [3.8, 4) is 22.6 Å². The number of hydrogen-bond acceptors (Lipinski definition) is 8. The van der Waals surface area contributed by atoms with Crippen LogP contribution in [0, 0.1) is 0 Å². The molecule has 6 nitrogen and oxygen atoms in total. The molecule has 8 heteroatoms. The predicted molar refractivity (Wildman–Crippen MR) is 173 cm³/mol. The fraction of sp³-hybridized carbons (Fsp3) is 0.294. The Morgan fingerprint density at radius 3 is 2.55 bits per heavy atom. The molecule has 0 saturated carbocycles. The normalized spacial score (nSPS) is 17.0. The molecule has 1 unspecified atom stereocenters. The molecule has 5 rings (SSSR count). The maximum atomic E-state index is 13.0. The highest BCUT2D eigenvalue weighted by molar-refractivity contribution is 8.04. The lowest BCUT2D eigenvalue weighted by molar-refractivity contribution is -0.144. The van der Waals surface area contributed by atoms with Gasteiger partial charge >= 0.3 is 11.9 Å². The van der Waals surface area contributed by atoms with Crippen LogP contribution in [0.4, 0.5) is 5.69 Å². The number of methoxy groups -OCH3 is 1. The Balaban J connectivity index is 1.50. The Morgan fingerprint density at radius 1 is 1.07 bits per heavy atom. The van der Waals surface area contributed by atoms with Crippen molar-refractivity contribution in [2.75, 3.05) is 18.7 Å². The van der Waals surface area contributed by atoms with Gasteiger partial charge < -0.3 is 19.5 Å². The highest BCUT2D eigenvalue weighted by Crippen LogP contribution is 2.44. The summed E-state index contributed by atoms with van der Waals surface area (Å²) in [5.74, 6) is 0.271. The Hall–Kier alpha value is -3.62. The number of allylic oxidation sites excluding steroid dienone is 3. The number of thioether (sulfide) groups is 2. The summed E-state index contributed by atoms with van der Waals surface area (Å²) in [6.45, 7) is 8.47. The summed E-state index contributed by atoms with van der Waals surface area (Å²) >= 11 is 3.05. The third-order valence-electron chi connectivity index (χ3n) is 7.31. The standard InChI is InChI=1S/C34H35NO5S2/c1-20-18-34(3,4)35-27-15-14-23(26(31(20)27)19-39-33(37)30-16-11-21(2)42-30)24-13-12-22(17-28(24)38-5)40-32(36)25-9-7-8-10-29(25)41-6/h7-15,17-18,30,35H,16,19H2,1-6H3. The van der Waals surface area contributed by atoms with Gasteiger partial charge in [0.15, 0.2) is 0 Å². The van der Waals surface area contributed by atoms with Crippen molar-refractivity contribution < 1.29 is 23.8 Å². The first-order valence-corrected chi connectivity index (χ1v) is 15.9. The smallest absolute Gasteiger partial charge is 0.344 e. The molecule has 2 aliphatic rings. The fourth-order valence-electron chi connectivity index (χ4n) is 5.51. The zero-order valence-corrected chi connectivity index (χ0v) is 26.3. The molecule has 0 aliphatic carbocycles. The molecule has 0 aromatic heterocycles. The van der Waals surface area contributed by atoms with Gasteiger partial charge in [-0.2, -0.15) is 0 Å². The summed E-state index contributed by atoms with van der Waals surface area (Å²) < 4.78 is 17.5. The van der Waals surface area contributed by atoms with Gasteiger partial charge in [-0.1, -0.05) is 30.4 Å². The zero-order chi connectivity index (χ0) is 30.0. The minimum atomic E-state index is -0.430. The SMILES string of the molecule is COc1cc(OC(=O)c2ccccc2SC)ccc1-c1ccc2c(c1COC(=O)C1CC=C(C)S1)C(C)=CC(C)(C)N2. The second-order valence-electron chi connectivity index (χ2n) is 10.9. The first-order chi connectivity index (χ1) is 20.1. The summed E-state index contributed by atoms with van der Waals surface area (Å²) in [7, 11) is 1.59. The molecule has 42 heavy (non-hydrogen) atoms. The molecule has 0 amide bonds. The van der Waals surface area contributed by atoms with Crippen LogP contribution in [0.25, 0.3) is 16.7 Å². The third-order valence-corrected chi connectivity index (χ3v) is 9.31. The van der Waals surface area contributed by atoms with Crippen LogP contribution < -0.4 is 14.8 Å². The van der Waals surface area contributed by atoms with Gasteiger partial charge in [0.1, 0.15) is 23.4 Å². The lowest BCUT2D eigenvalue weighted by Crippen LogP contribution is -2.32. The summed E-state index contributed by atoms with van der Waals surface area (Å²) in [6.07, 6.45) is 6.87. The van der Waals surface area contributed by atoms with Gasteiger partial charge in [-0.05, 0) is 86.7 Å². The molecule has 2 heterocycles. The van der Waals surface area contributed by atoms with Crippen LogP contribution in [0.1, 0.15) is 55.6 Å². The predicted octanol–water partition coefficient (Wildman–Crippen LogP) is 8.36. The lowest BCUT2D eigenvalue weighted by Gasteiger charge is -2.33. The van der Waals surface area contributed by atoms with E-state index in [1.807, 2.05) is 43.5 Å². The number of hydrogen-bond donors (Lipinski definition) is 1. The van der Waals surface area contributed by atoms with Crippen molar-refractivity contribution in [2.45, 2.75) is 56.4 Å². The molecule has 0 radical (unpaired) electrons. The molecule has 0 spiro atoms. The second-order valence-corrected chi connectivity index (χ2v) is 13.2. The fourth-order valence-corrected chi connectivity index (χ4v) is 7.09. The van der Waals surface area contributed by atoms with Crippen LogP contribution >= 0.6 is 23.5 Å². The first-order valence-electron chi connectivity index (χ1n) is 13.8. The molecule has 1 N–H and O–H groups in total. The van der Waals surface area contributed by atoms with E-state index in [0.29, 0.717) is 23.5 Å². The van der Waals surface area contributed by atoms with E-state index in [2.05, 4.69) is 44.3 Å². The maximum absolute atomic E-state index is 13.0. The molecule has 0 saturated heterocycles. The maximum Gasteiger partial charge on any atom is 0.344 e. The molecular weight excluding hydrogens is 567 g/mol. The molecule has 1 atom stereocenters. The summed E-state index contributed by atoms with van der Waals surface area (Å²) in [5.41, 5.74) is 5.98. The topological polar surface area (TPSA) is 73.9 Å². The molecule has 218 valence electrons. The van der Waals surface area contributed by atoms with Crippen LogP contribution in [-0.4, -0.2) is 36.1 Å². The molecule has 3 aromatic rings. The molecule has 0 fully saturated rings. The number of benzene rings is 3. The van der Waals surface area contributed by atoms with Gasteiger partial charge in [0.05, 0.1) is 18.2 Å². The van der Waals surface area contributed by atoms with Crippen LogP contribution in [-0.2, 0) is 16.1 Å². The van der Waals surface area contributed by atoms with Crippen molar-refractivity contribution >= 4 is 46.7 Å². The first kappa shape index (κ1) is 29.9. The van der Waals surface area contributed by atoms with Gasteiger partial charge in [-0.25, -0.2) is 4.79 Å². The summed E-state index contributed by atoms with van der Waals surface area (Å²) in [6, 6.07) is 16.8. The number of fused-ring (bicyclic) bond motifs is 1. The van der Waals surface area contributed by atoms with Crippen LogP contribution in [0.2, 0.25) is 0 Å². The average Bonchev–Trinajstić information content (AvgIpc) is 3.41. The van der Waals surface area contributed by atoms with E-state index in [4.69, 9.17) is 14.2 Å². The number of esters is 2. The highest BCUT2D eigenvalue weighted by atomic mass is 32.2. The van der Waals surface area contributed by atoms with Gasteiger partial charge in [0, 0.05) is 33.3 Å². The van der Waals surface area contributed by atoms with E-state index in [0.717, 1.165) is 43.3 Å². The van der Waals surface area contributed by atoms with Crippen molar-refractivity contribution in [2.24, 2.45) is 0 Å². The Bertz CT molecular complexity index is 1610. The summed E-state index contributed by atoms with van der Waals surface area (Å²) in [4.78, 5) is 28.0. The molecular formula is C34H35NO5S2. The number of ether oxygens (including phenoxy) is 3. The van der Waals surface area contributed by atoms with Crippen molar-refractivity contribution in [3.05, 3.63) is 88.3 Å². The largest absolute Gasteiger partial charge is 0.496 e. The molecule has 2 aliphatic heterocycles. The Kier molecular flexibility index (Phi) is 8.76. The number of nitrogens with one attached hydrogen (secondary N) is 1. The van der Waals surface area contributed by atoms with E-state index < -0.39 is 5.97 Å². The van der Waals surface area contributed by atoms with E-state index in [9.17, 15) is 9.59 Å². The summed E-state index contributed by atoms with van der Waals surface area (Å²) in [5, 5.41) is 3.38. The highest BCUT2D eigenvalue weighted by Gasteiger charge is 2.29. The second kappa shape index (κ2) is 12.3. The minimum Gasteiger partial charge on any atom is -0.496 e. The van der Waals surface area contributed by atoms with Gasteiger partial charge in [-0.15, -0.1) is 23.5 Å². The molecule has 0 bridgehead atoms. The monoisotopic (exact) mass is 601 g/mol. The lowest BCUT2D eigenvalue weighted by atomic mass is 9.85. The van der Waals surface area contributed by atoms with Crippen LogP contribution in [0.3, 0.4) is 0 Å². The quantitative estimate of drug-likeness (QED) is 0.157. The van der Waals surface area contributed by atoms with Gasteiger partial charge in [0.2, 0.25) is 0 Å². The van der Waals surface area contributed by atoms with E-state index >= 15 is 0 Å². The van der Waals surface area contributed by atoms with Gasteiger partial charge in [0.25, 0.3) is 0 Å². The Labute approximate surface area is 255 Å². The number of carbonyl (C=O) groups is 2. The van der Waals surface area contributed by atoms with E-state index in [1.165, 1.54) is 11.8 Å². The van der Waals surface area contributed by atoms with Gasteiger partial charge in [-0.3, -0.25) is 4.79 Å². The van der Waals surface area contributed by atoms with Crippen molar-refractivity contribution in [3.63, 3.8) is 0 Å². The number of rotatable bonds is 8. The number of anilines is 1. The van der Waals surface area contributed by atoms with Crippen molar-refractivity contribution in [1.29, 1.82) is 0 Å². The van der Waals surface area contributed by atoms with E-state index in [-0.39, 0.29) is 23.4 Å². The zero-order valence-electron chi connectivity index (χ0n) is 24.7.